The molecule has 3 rings (SSSR count). The molecule has 0 aliphatic carbocycles. The topological polar surface area (TPSA) is 15.3 Å². The molecule has 2 aromatic rings. The lowest BCUT2D eigenvalue weighted by molar-refractivity contribution is 0.175. The quantitative estimate of drug-likeness (QED) is 0.850. The van der Waals surface area contributed by atoms with Crippen molar-refractivity contribution in [3.05, 3.63) is 60.2 Å². The smallest absolute Gasteiger partial charge is 0.0384 e. The van der Waals surface area contributed by atoms with E-state index in [-0.39, 0.29) is 0 Å². The molecular weight excluding hydrogens is 256 g/mol. The van der Waals surface area contributed by atoms with Crippen molar-refractivity contribution in [1.29, 1.82) is 0 Å². The molecule has 1 aliphatic rings. The van der Waals surface area contributed by atoms with Crippen molar-refractivity contribution in [3.8, 4) is 0 Å². The van der Waals surface area contributed by atoms with Gasteiger partial charge in [-0.15, -0.1) is 0 Å². The van der Waals surface area contributed by atoms with Gasteiger partial charge in [-0.2, -0.15) is 0 Å². The first kappa shape index (κ1) is 14.2. The molecule has 1 heterocycles. The molecule has 0 amide bonds. The lowest BCUT2D eigenvalue weighted by atomic mass is 10.0. The van der Waals surface area contributed by atoms with Crippen LogP contribution >= 0.6 is 0 Å². The molecule has 1 N–H and O–H groups in total. The lowest BCUT2D eigenvalue weighted by Gasteiger charge is -2.32. The van der Waals surface area contributed by atoms with Gasteiger partial charge in [-0.25, -0.2) is 0 Å². The Bertz CT molecular complexity index is 542. The Morgan fingerprint density at radius 3 is 2.10 bits per heavy atom. The zero-order valence-electron chi connectivity index (χ0n) is 12.8. The summed E-state index contributed by atoms with van der Waals surface area (Å²) in [5, 5.41) is 3.44. The minimum atomic E-state index is 0.524. The highest BCUT2D eigenvalue weighted by Crippen LogP contribution is 2.25. The standard InChI is InChI=1S/C19H24N2/c1-16(21-14-6-3-7-15-21)17-10-12-19(13-11-17)20-18-8-4-2-5-9-18/h2,4-5,8-13,16,20H,3,6-7,14-15H2,1H3. The molecule has 1 saturated heterocycles. The average molecular weight is 280 g/mol. The SMILES string of the molecule is CC(c1ccc(Nc2ccccc2)cc1)N1CCCCC1. The fourth-order valence-electron chi connectivity index (χ4n) is 3.05. The summed E-state index contributed by atoms with van der Waals surface area (Å²) in [6.07, 6.45) is 4.08. The Kier molecular flexibility index (Phi) is 4.56. The zero-order chi connectivity index (χ0) is 14.5. The van der Waals surface area contributed by atoms with Gasteiger partial charge < -0.3 is 5.32 Å². The predicted molar refractivity (Wildman–Crippen MR) is 90.0 cm³/mol. The van der Waals surface area contributed by atoms with E-state index in [1.54, 1.807) is 0 Å². The van der Waals surface area contributed by atoms with Crippen LogP contribution in [-0.2, 0) is 0 Å². The second-order valence-corrected chi connectivity index (χ2v) is 5.89. The maximum atomic E-state index is 3.44. The first-order valence-electron chi connectivity index (χ1n) is 7.99. The van der Waals surface area contributed by atoms with E-state index in [9.17, 15) is 0 Å². The summed E-state index contributed by atoms with van der Waals surface area (Å²) in [5.41, 5.74) is 3.70. The number of nitrogens with zero attached hydrogens (tertiary/aromatic N) is 1. The molecule has 0 saturated carbocycles. The van der Waals surface area contributed by atoms with Gasteiger partial charge in [0.25, 0.3) is 0 Å². The summed E-state index contributed by atoms with van der Waals surface area (Å²) in [7, 11) is 0. The minimum absolute atomic E-state index is 0.524. The van der Waals surface area contributed by atoms with Crippen molar-refractivity contribution >= 4 is 11.4 Å². The van der Waals surface area contributed by atoms with Crippen molar-refractivity contribution in [2.75, 3.05) is 18.4 Å². The molecule has 0 radical (unpaired) electrons. The Labute approximate surface area is 127 Å². The molecule has 1 unspecified atom stereocenters. The number of hydrogen-bond acceptors (Lipinski definition) is 2. The first-order chi connectivity index (χ1) is 10.3. The minimum Gasteiger partial charge on any atom is -0.356 e. The molecule has 1 aliphatic heterocycles. The van der Waals surface area contributed by atoms with Gasteiger partial charge in [0.15, 0.2) is 0 Å². The molecule has 1 atom stereocenters. The number of anilines is 2. The molecule has 1 fully saturated rings. The molecule has 2 nitrogen and oxygen atoms in total. The van der Waals surface area contributed by atoms with Crippen LogP contribution in [0.4, 0.5) is 11.4 Å². The molecule has 110 valence electrons. The highest BCUT2D eigenvalue weighted by Gasteiger charge is 2.17. The van der Waals surface area contributed by atoms with Crippen LogP contribution in [0.3, 0.4) is 0 Å². The van der Waals surface area contributed by atoms with E-state index in [1.165, 1.54) is 37.9 Å². The van der Waals surface area contributed by atoms with E-state index in [4.69, 9.17) is 0 Å². The van der Waals surface area contributed by atoms with E-state index in [0.717, 1.165) is 11.4 Å². The van der Waals surface area contributed by atoms with Gasteiger partial charge in [-0.1, -0.05) is 36.8 Å². The highest BCUT2D eigenvalue weighted by atomic mass is 15.2. The van der Waals surface area contributed by atoms with Crippen LogP contribution in [0.25, 0.3) is 0 Å². The summed E-state index contributed by atoms with van der Waals surface area (Å²) < 4.78 is 0. The molecule has 2 heteroatoms. The third-order valence-corrected chi connectivity index (χ3v) is 4.39. The molecule has 0 spiro atoms. The fourth-order valence-corrected chi connectivity index (χ4v) is 3.05. The Morgan fingerprint density at radius 2 is 1.43 bits per heavy atom. The van der Waals surface area contributed by atoms with Crippen molar-refractivity contribution in [3.63, 3.8) is 0 Å². The Balaban J connectivity index is 1.66. The van der Waals surface area contributed by atoms with E-state index in [0.29, 0.717) is 6.04 Å². The number of benzene rings is 2. The molecule has 21 heavy (non-hydrogen) atoms. The fraction of sp³-hybridized carbons (Fsp3) is 0.368. The zero-order valence-corrected chi connectivity index (χ0v) is 12.8. The van der Waals surface area contributed by atoms with E-state index < -0.39 is 0 Å². The van der Waals surface area contributed by atoms with Gasteiger partial charge >= 0.3 is 0 Å². The number of piperidine rings is 1. The van der Waals surface area contributed by atoms with Crippen molar-refractivity contribution in [2.45, 2.75) is 32.2 Å². The number of para-hydroxylation sites is 1. The van der Waals surface area contributed by atoms with Gasteiger partial charge in [0.05, 0.1) is 0 Å². The number of rotatable bonds is 4. The predicted octanol–water partition coefficient (Wildman–Crippen LogP) is 4.98. The van der Waals surface area contributed by atoms with Crippen LogP contribution in [0.5, 0.6) is 0 Å². The van der Waals surface area contributed by atoms with Crippen molar-refractivity contribution in [1.82, 2.24) is 4.90 Å². The van der Waals surface area contributed by atoms with Crippen molar-refractivity contribution < 1.29 is 0 Å². The van der Waals surface area contributed by atoms with Crippen LogP contribution < -0.4 is 5.32 Å². The lowest BCUT2D eigenvalue weighted by Crippen LogP contribution is -2.32. The summed E-state index contributed by atoms with van der Waals surface area (Å²) in [4.78, 5) is 2.60. The molecule has 0 aromatic heterocycles. The van der Waals surface area contributed by atoms with Crippen molar-refractivity contribution in [2.24, 2.45) is 0 Å². The third-order valence-electron chi connectivity index (χ3n) is 4.39. The van der Waals surface area contributed by atoms with Gasteiger partial charge in [0, 0.05) is 17.4 Å². The third kappa shape index (κ3) is 3.64. The maximum Gasteiger partial charge on any atom is 0.0384 e. The molecule has 2 aromatic carbocycles. The second kappa shape index (κ2) is 6.77. The van der Waals surface area contributed by atoms with E-state index in [1.807, 2.05) is 6.07 Å². The first-order valence-corrected chi connectivity index (χ1v) is 7.99. The average Bonchev–Trinajstić information content (AvgIpc) is 2.57. The van der Waals surface area contributed by atoms with Crippen LogP contribution in [-0.4, -0.2) is 18.0 Å². The number of hydrogen-bond donors (Lipinski definition) is 1. The van der Waals surface area contributed by atoms with Crippen LogP contribution in [0.1, 0.15) is 37.8 Å². The summed E-state index contributed by atoms with van der Waals surface area (Å²) in [6.45, 7) is 4.81. The monoisotopic (exact) mass is 280 g/mol. The molecular formula is C19H24N2. The summed E-state index contributed by atoms with van der Waals surface area (Å²) in [5.74, 6) is 0. The Hall–Kier alpha value is -1.80. The van der Waals surface area contributed by atoms with Gasteiger partial charge in [-0.05, 0) is 62.7 Å². The van der Waals surface area contributed by atoms with Crippen LogP contribution in [0, 0.1) is 0 Å². The summed E-state index contributed by atoms with van der Waals surface area (Å²) >= 11 is 0. The summed E-state index contributed by atoms with van der Waals surface area (Å²) in [6, 6.07) is 19.7. The van der Waals surface area contributed by atoms with Gasteiger partial charge in [0.2, 0.25) is 0 Å². The number of nitrogens with one attached hydrogen (secondary N) is 1. The number of likely N-dealkylation sites (tertiary alicyclic amines) is 1. The van der Waals surface area contributed by atoms with Crippen LogP contribution in [0.15, 0.2) is 54.6 Å². The largest absolute Gasteiger partial charge is 0.356 e. The molecule has 0 bridgehead atoms. The maximum absolute atomic E-state index is 3.44. The second-order valence-electron chi connectivity index (χ2n) is 5.89. The normalized spacial score (nSPS) is 17.4. The van der Waals surface area contributed by atoms with Gasteiger partial charge in [-0.3, -0.25) is 4.90 Å². The highest BCUT2D eigenvalue weighted by molar-refractivity contribution is 5.59. The van der Waals surface area contributed by atoms with Crippen LogP contribution in [0.2, 0.25) is 0 Å². The van der Waals surface area contributed by atoms with E-state index in [2.05, 4.69) is 65.7 Å². The Morgan fingerprint density at radius 1 is 0.810 bits per heavy atom. The van der Waals surface area contributed by atoms with Gasteiger partial charge in [0.1, 0.15) is 0 Å². The van der Waals surface area contributed by atoms with E-state index >= 15 is 0 Å².